The summed E-state index contributed by atoms with van der Waals surface area (Å²) in [7, 11) is 0. The van der Waals surface area contributed by atoms with Gasteiger partial charge in [0.1, 0.15) is 4.83 Å². The van der Waals surface area contributed by atoms with Crippen molar-refractivity contribution in [3.8, 4) is 10.4 Å². The van der Waals surface area contributed by atoms with E-state index in [4.69, 9.17) is 4.74 Å². The second-order valence-electron chi connectivity index (χ2n) is 5.00. The van der Waals surface area contributed by atoms with Gasteiger partial charge < -0.3 is 4.74 Å². The summed E-state index contributed by atoms with van der Waals surface area (Å²) in [6.07, 6.45) is 1.65. The Morgan fingerprint density at radius 3 is 3.00 bits per heavy atom. The maximum atomic E-state index is 13.0. The molecule has 8 heteroatoms. The molecule has 25 heavy (non-hydrogen) atoms. The topological polar surface area (TPSA) is 61.2 Å². The zero-order chi connectivity index (χ0) is 17.8. The molecule has 0 unspecified atom stereocenters. The van der Waals surface area contributed by atoms with E-state index in [1.54, 1.807) is 28.9 Å². The molecule has 5 nitrogen and oxygen atoms in total. The highest BCUT2D eigenvalue weighted by Crippen LogP contribution is 2.34. The number of carbonyl (C=O) groups is 1. The van der Waals surface area contributed by atoms with Gasteiger partial charge in [-0.2, -0.15) is 0 Å². The number of hydrogen-bond acceptors (Lipinski definition) is 7. The minimum Gasteiger partial charge on any atom is -0.465 e. The number of fused-ring (bicyclic) bond motifs is 1. The van der Waals surface area contributed by atoms with Crippen molar-refractivity contribution in [1.82, 2.24) is 9.55 Å². The molecule has 3 heterocycles. The summed E-state index contributed by atoms with van der Waals surface area (Å²) in [5.41, 5.74) is 0.799. The van der Waals surface area contributed by atoms with Crippen LogP contribution in [-0.4, -0.2) is 27.9 Å². The highest BCUT2D eigenvalue weighted by atomic mass is 32.2. The first-order valence-electron chi connectivity index (χ1n) is 7.61. The molecule has 0 bridgehead atoms. The minimum absolute atomic E-state index is 0.110. The lowest BCUT2D eigenvalue weighted by molar-refractivity contribution is -0.139. The van der Waals surface area contributed by atoms with E-state index in [1.165, 1.54) is 23.1 Å². The molecule has 0 N–H and O–H groups in total. The fraction of sp³-hybridized carbons (Fsp3) is 0.235. The predicted molar refractivity (Wildman–Crippen MR) is 105 cm³/mol. The van der Waals surface area contributed by atoms with Crippen molar-refractivity contribution in [1.29, 1.82) is 0 Å². The largest absolute Gasteiger partial charge is 0.465 e. The molecule has 0 saturated heterocycles. The summed E-state index contributed by atoms with van der Waals surface area (Å²) < 4.78 is 6.50. The molecule has 3 aromatic rings. The number of hydrogen-bond donors (Lipinski definition) is 0. The Kier molecular flexibility index (Phi) is 5.72. The van der Waals surface area contributed by atoms with Gasteiger partial charge in [-0.05, 0) is 18.4 Å². The lowest BCUT2D eigenvalue weighted by Crippen LogP contribution is -2.23. The number of carbonyl (C=O) groups excluding carboxylic acids is 1. The second-order valence-corrected chi connectivity index (χ2v) is 7.75. The van der Waals surface area contributed by atoms with Gasteiger partial charge in [0.05, 0.1) is 17.7 Å². The minimum atomic E-state index is -0.322. The third-order valence-corrected chi connectivity index (χ3v) is 6.11. The van der Waals surface area contributed by atoms with Crippen LogP contribution in [0.5, 0.6) is 0 Å². The Hall–Kier alpha value is -1.90. The van der Waals surface area contributed by atoms with Crippen LogP contribution in [0, 0.1) is 0 Å². The van der Waals surface area contributed by atoms with Gasteiger partial charge in [-0.1, -0.05) is 23.9 Å². The van der Waals surface area contributed by atoms with Gasteiger partial charge in [0.25, 0.3) is 5.56 Å². The smallest absolute Gasteiger partial charge is 0.316 e. The normalized spacial score (nSPS) is 10.9. The summed E-state index contributed by atoms with van der Waals surface area (Å²) in [5, 5.41) is 5.07. The maximum Gasteiger partial charge on any atom is 0.316 e. The van der Waals surface area contributed by atoms with Gasteiger partial charge in [0.2, 0.25) is 0 Å². The molecule has 0 aliphatic rings. The summed E-state index contributed by atoms with van der Waals surface area (Å²) in [6, 6.07) is 3.95. The van der Waals surface area contributed by atoms with Gasteiger partial charge in [-0.3, -0.25) is 14.2 Å². The van der Waals surface area contributed by atoms with E-state index in [9.17, 15) is 9.59 Å². The van der Waals surface area contributed by atoms with Crippen LogP contribution in [-0.2, 0) is 16.1 Å². The first-order chi connectivity index (χ1) is 12.2. The van der Waals surface area contributed by atoms with Crippen molar-refractivity contribution in [2.75, 3.05) is 12.4 Å². The second kappa shape index (κ2) is 7.99. The van der Waals surface area contributed by atoms with Crippen LogP contribution in [0.2, 0.25) is 0 Å². The van der Waals surface area contributed by atoms with Crippen LogP contribution in [0.1, 0.15) is 6.92 Å². The average molecular weight is 393 g/mol. The highest BCUT2D eigenvalue weighted by molar-refractivity contribution is 7.99. The average Bonchev–Trinajstić information content (AvgIpc) is 3.25. The number of nitrogens with zero attached hydrogens (tertiary/aromatic N) is 2. The van der Waals surface area contributed by atoms with Crippen molar-refractivity contribution >= 4 is 50.6 Å². The van der Waals surface area contributed by atoms with E-state index < -0.39 is 0 Å². The van der Waals surface area contributed by atoms with Crippen molar-refractivity contribution < 1.29 is 9.53 Å². The Morgan fingerprint density at radius 2 is 2.32 bits per heavy atom. The molecule has 0 fully saturated rings. The molecule has 0 radical (unpaired) electrons. The highest BCUT2D eigenvalue weighted by Gasteiger charge is 2.18. The van der Waals surface area contributed by atoms with E-state index in [-0.39, 0.29) is 17.3 Å². The molecule has 0 aliphatic heterocycles. The molecule has 3 aromatic heterocycles. The molecular formula is C17H16N2O3S3. The predicted octanol–water partition coefficient (Wildman–Crippen LogP) is 4.03. The molecule has 0 aliphatic carbocycles. The van der Waals surface area contributed by atoms with Gasteiger partial charge in [0, 0.05) is 22.4 Å². The van der Waals surface area contributed by atoms with Crippen LogP contribution in [0.3, 0.4) is 0 Å². The Bertz CT molecular complexity index is 958. The number of thioether (sulfide) groups is 1. The number of allylic oxidation sites excluding steroid dienone is 1. The third kappa shape index (κ3) is 3.70. The summed E-state index contributed by atoms with van der Waals surface area (Å²) in [5.74, 6) is -0.205. The van der Waals surface area contributed by atoms with Crippen LogP contribution in [0.4, 0.5) is 0 Å². The monoisotopic (exact) mass is 392 g/mol. The molecular weight excluding hydrogens is 376 g/mol. The van der Waals surface area contributed by atoms with Gasteiger partial charge >= 0.3 is 5.97 Å². The molecule has 3 rings (SSSR count). The number of ether oxygens (including phenoxy) is 1. The number of thiophene rings is 2. The van der Waals surface area contributed by atoms with Crippen LogP contribution in [0.15, 0.2) is 45.5 Å². The fourth-order valence-electron chi connectivity index (χ4n) is 2.35. The molecule has 0 amide bonds. The lowest BCUT2D eigenvalue weighted by Gasteiger charge is -2.10. The zero-order valence-corrected chi connectivity index (χ0v) is 16.0. The molecule has 0 spiro atoms. The molecule has 0 atom stereocenters. The van der Waals surface area contributed by atoms with E-state index >= 15 is 0 Å². The number of aromatic nitrogens is 2. The number of esters is 1. The van der Waals surface area contributed by atoms with E-state index in [0.717, 1.165) is 10.4 Å². The van der Waals surface area contributed by atoms with E-state index in [1.807, 2.05) is 22.9 Å². The SMILES string of the molecule is C=CCn1c(SCC(=O)OCC)nc2scc(-c3cccs3)c2c1=O. The Morgan fingerprint density at radius 1 is 1.48 bits per heavy atom. The van der Waals surface area contributed by atoms with E-state index in [0.29, 0.717) is 28.5 Å². The lowest BCUT2D eigenvalue weighted by atomic mass is 10.2. The molecule has 0 saturated carbocycles. The van der Waals surface area contributed by atoms with Crippen LogP contribution >= 0.6 is 34.4 Å². The summed E-state index contributed by atoms with van der Waals surface area (Å²) in [6.45, 7) is 6.16. The Balaban J connectivity index is 2.06. The van der Waals surface area contributed by atoms with Crippen molar-refractivity contribution in [3.63, 3.8) is 0 Å². The maximum absolute atomic E-state index is 13.0. The molecule has 130 valence electrons. The van der Waals surface area contributed by atoms with Crippen LogP contribution in [0.25, 0.3) is 20.7 Å². The standard InChI is InChI=1S/C17H16N2O3S3/c1-3-7-19-16(21)14-11(12-6-5-8-23-12)9-24-15(14)18-17(19)25-10-13(20)22-4-2/h3,5-6,8-9H,1,4,7,10H2,2H3. The van der Waals surface area contributed by atoms with Gasteiger partial charge in [-0.15, -0.1) is 29.3 Å². The van der Waals surface area contributed by atoms with Crippen molar-refractivity contribution in [2.45, 2.75) is 18.6 Å². The van der Waals surface area contributed by atoms with E-state index in [2.05, 4.69) is 11.6 Å². The van der Waals surface area contributed by atoms with Crippen molar-refractivity contribution in [3.05, 3.63) is 45.9 Å². The van der Waals surface area contributed by atoms with Gasteiger partial charge in [0.15, 0.2) is 5.16 Å². The zero-order valence-electron chi connectivity index (χ0n) is 13.6. The number of rotatable bonds is 7. The first kappa shape index (κ1) is 17.9. The third-order valence-electron chi connectivity index (χ3n) is 3.38. The van der Waals surface area contributed by atoms with Gasteiger partial charge in [-0.25, -0.2) is 4.98 Å². The summed E-state index contributed by atoms with van der Waals surface area (Å²) >= 11 is 4.24. The molecule has 0 aromatic carbocycles. The van der Waals surface area contributed by atoms with Crippen molar-refractivity contribution in [2.24, 2.45) is 0 Å². The summed E-state index contributed by atoms with van der Waals surface area (Å²) in [4.78, 5) is 31.0. The van der Waals surface area contributed by atoms with Crippen LogP contribution < -0.4 is 5.56 Å². The quantitative estimate of drug-likeness (QED) is 0.263. The first-order valence-corrected chi connectivity index (χ1v) is 10.4. The fourth-order valence-corrected chi connectivity index (χ4v) is 4.95. The Labute approximate surface area is 157 Å².